The zero-order valence-electron chi connectivity index (χ0n) is 13.2. The van der Waals surface area contributed by atoms with Crippen LogP contribution in [0.5, 0.6) is 0 Å². The van der Waals surface area contributed by atoms with Crippen molar-refractivity contribution in [2.24, 2.45) is 0 Å². The molecular weight excluding hydrogens is 418 g/mol. The lowest BCUT2D eigenvalue weighted by Crippen LogP contribution is -2.46. The second-order valence-electron chi connectivity index (χ2n) is 5.82. The van der Waals surface area contributed by atoms with Crippen molar-refractivity contribution in [2.75, 3.05) is 11.9 Å². The van der Waals surface area contributed by atoms with Gasteiger partial charge >= 0.3 is 6.09 Å². The molecule has 23 heavy (non-hydrogen) atoms. The highest BCUT2D eigenvalue weighted by molar-refractivity contribution is 14.1. The maximum atomic E-state index is 13.8. The quantitative estimate of drug-likeness (QED) is 0.617. The molecule has 0 spiro atoms. The number of hydrogen-bond acceptors (Lipinski definition) is 4. The van der Waals surface area contributed by atoms with Gasteiger partial charge in [-0.25, -0.2) is 9.18 Å². The minimum Gasteiger partial charge on any atom is -0.444 e. The standard InChI is InChI=1S/C15H20FIN2O4/c1-15(2,3)23-14(22)19-12(6-7-20)13(21)18-11-5-4-9(17)8-10(11)16/h4-5,8,12,20H,6-7H2,1-3H3,(H,18,21)(H,19,22)/t12-/m0/s1. The molecule has 0 saturated carbocycles. The summed E-state index contributed by atoms with van der Waals surface area (Å²) in [5.74, 6) is -1.21. The number of carbonyl (C=O) groups is 2. The van der Waals surface area contributed by atoms with Crippen molar-refractivity contribution in [1.82, 2.24) is 5.32 Å². The zero-order chi connectivity index (χ0) is 17.6. The Morgan fingerprint density at radius 2 is 2.04 bits per heavy atom. The number of benzene rings is 1. The van der Waals surface area contributed by atoms with Crippen molar-refractivity contribution in [3.8, 4) is 0 Å². The summed E-state index contributed by atoms with van der Waals surface area (Å²) in [6.07, 6.45) is -0.800. The van der Waals surface area contributed by atoms with Crippen molar-refractivity contribution < 1.29 is 23.8 Å². The van der Waals surface area contributed by atoms with Crippen molar-refractivity contribution in [2.45, 2.75) is 38.8 Å². The molecule has 0 aliphatic heterocycles. The molecule has 0 unspecified atom stereocenters. The summed E-state index contributed by atoms with van der Waals surface area (Å²) < 4.78 is 19.5. The molecule has 128 valence electrons. The third-order valence-corrected chi connectivity index (χ3v) is 3.29. The number of anilines is 1. The average molecular weight is 438 g/mol. The van der Waals surface area contributed by atoms with Crippen LogP contribution in [0, 0.1) is 9.39 Å². The fraction of sp³-hybridized carbons (Fsp3) is 0.467. The van der Waals surface area contributed by atoms with Crippen LogP contribution in [-0.4, -0.2) is 35.4 Å². The maximum Gasteiger partial charge on any atom is 0.408 e. The number of ether oxygens (including phenoxy) is 1. The van der Waals surface area contributed by atoms with Crippen LogP contribution in [0.1, 0.15) is 27.2 Å². The molecular formula is C15H20FIN2O4. The Kier molecular flexibility index (Phi) is 7.20. The summed E-state index contributed by atoms with van der Waals surface area (Å²) in [7, 11) is 0. The Labute approximate surface area is 147 Å². The number of rotatable bonds is 5. The van der Waals surface area contributed by atoms with Crippen LogP contribution >= 0.6 is 22.6 Å². The van der Waals surface area contributed by atoms with E-state index in [9.17, 15) is 14.0 Å². The second kappa shape index (κ2) is 8.44. The van der Waals surface area contributed by atoms with Crippen molar-refractivity contribution in [3.05, 3.63) is 27.6 Å². The summed E-state index contributed by atoms with van der Waals surface area (Å²) in [5, 5.41) is 13.8. The van der Waals surface area contributed by atoms with Gasteiger partial charge in [-0.1, -0.05) is 0 Å². The number of nitrogens with one attached hydrogen (secondary N) is 2. The molecule has 3 N–H and O–H groups in total. The fourth-order valence-corrected chi connectivity index (χ4v) is 2.11. The Morgan fingerprint density at radius 3 is 2.57 bits per heavy atom. The van der Waals surface area contributed by atoms with Gasteiger partial charge in [0.15, 0.2) is 0 Å². The summed E-state index contributed by atoms with van der Waals surface area (Å²) in [6.45, 7) is 4.75. The van der Waals surface area contributed by atoms with E-state index >= 15 is 0 Å². The topological polar surface area (TPSA) is 87.7 Å². The van der Waals surface area contributed by atoms with E-state index in [0.29, 0.717) is 3.57 Å². The van der Waals surface area contributed by atoms with E-state index in [2.05, 4.69) is 10.6 Å². The SMILES string of the molecule is CC(C)(C)OC(=O)N[C@@H](CCO)C(=O)Nc1ccc(I)cc1F. The molecule has 2 amide bonds. The van der Waals surface area contributed by atoms with Gasteiger partial charge in [-0.15, -0.1) is 0 Å². The molecule has 6 nitrogen and oxygen atoms in total. The van der Waals surface area contributed by atoms with Gasteiger partial charge in [0.2, 0.25) is 5.91 Å². The third kappa shape index (κ3) is 7.12. The molecule has 0 radical (unpaired) electrons. The van der Waals surface area contributed by atoms with Gasteiger partial charge < -0.3 is 20.5 Å². The maximum absolute atomic E-state index is 13.8. The zero-order valence-corrected chi connectivity index (χ0v) is 15.3. The van der Waals surface area contributed by atoms with Gasteiger partial charge in [0.1, 0.15) is 17.5 Å². The number of aliphatic hydroxyl groups excluding tert-OH is 1. The Bertz CT molecular complexity index is 575. The highest BCUT2D eigenvalue weighted by atomic mass is 127. The van der Waals surface area contributed by atoms with Crippen LogP contribution < -0.4 is 10.6 Å². The van der Waals surface area contributed by atoms with Gasteiger partial charge in [-0.05, 0) is 68.0 Å². The van der Waals surface area contributed by atoms with Crippen molar-refractivity contribution in [3.63, 3.8) is 0 Å². The van der Waals surface area contributed by atoms with Crippen LogP contribution in [0.15, 0.2) is 18.2 Å². The number of aliphatic hydroxyl groups is 1. The number of carbonyl (C=O) groups excluding carboxylic acids is 2. The van der Waals surface area contributed by atoms with E-state index < -0.39 is 29.5 Å². The predicted molar refractivity (Wildman–Crippen MR) is 92.6 cm³/mol. The lowest BCUT2D eigenvalue weighted by Gasteiger charge is -2.23. The predicted octanol–water partition coefficient (Wildman–Crippen LogP) is 2.64. The highest BCUT2D eigenvalue weighted by Gasteiger charge is 2.24. The number of alkyl carbamates (subject to hydrolysis) is 1. The molecule has 8 heteroatoms. The molecule has 0 heterocycles. The highest BCUT2D eigenvalue weighted by Crippen LogP contribution is 2.17. The largest absolute Gasteiger partial charge is 0.444 e. The van der Waals surface area contributed by atoms with Gasteiger partial charge in [0.05, 0.1) is 5.69 Å². The fourth-order valence-electron chi connectivity index (χ4n) is 1.66. The smallest absolute Gasteiger partial charge is 0.408 e. The number of hydrogen-bond donors (Lipinski definition) is 3. The minimum absolute atomic E-state index is 0.00402. The van der Waals surface area contributed by atoms with Gasteiger partial charge in [0, 0.05) is 10.2 Å². The number of halogens is 2. The third-order valence-electron chi connectivity index (χ3n) is 2.61. The van der Waals surface area contributed by atoms with Crippen molar-refractivity contribution >= 4 is 40.3 Å². The molecule has 1 atom stereocenters. The summed E-state index contributed by atoms with van der Waals surface area (Å²) in [6, 6.07) is 3.31. The van der Waals surface area contributed by atoms with Crippen molar-refractivity contribution in [1.29, 1.82) is 0 Å². The molecule has 0 aliphatic carbocycles. The van der Waals surface area contributed by atoms with E-state index in [-0.39, 0.29) is 18.7 Å². The Morgan fingerprint density at radius 1 is 1.39 bits per heavy atom. The summed E-state index contributed by atoms with van der Waals surface area (Å²) in [5.41, 5.74) is -0.712. The monoisotopic (exact) mass is 438 g/mol. The summed E-state index contributed by atoms with van der Waals surface area (Å²) >= 11 is 1.95. The molecule has 1 aromatic rings. The molecule has 0 aliphatic rings. The van der Waals surface area contributed by atoms with Gasteiger partial charge in [-0.2, -0.15) is 0 Å². The molecule has 0 bridgehead atoms. The second-order valence-corrected chi connectivity index (χ2v) is 7.07. The summed E-state index contributed by atoms with van der Waals surface area (Å²) in [4.78, 5) is 23.9. The Balaban J connectivity index is 2.76. The first-order valence-electron chi connectivity index (χ1n) is 6.98. The van der Waals surface area contributed by atoms with Crippen LogP contribution in [-0.2, 0) is 9.53 Å². The van der Waals surface area contributed by atoms with E-state index in [0.717, 1.165) is 0 Å². The molecule has 1 aromatic carbocycles. The molecule has 0 saturated heterocycles. The van der Waals surface area contributed by atoms with E-state index in [1.807, 2.05) is 22.6 Å². The van der Waals surface area contributed by atoms with Gasteiger partial charge in [0.25, 0.3) is 0 Å². The molecule has 0 aromatic heterocycles. The number of amides is 2. The van der Waals surface area contributed by atoms with E-state index in [1.165, 1.54) is 12.1 Å². The van der Waals surface area contributed by atoms with Crippen LogP contribution in [0.3, 0.4) is 0 Å². The minimum atomic E-state index is -1.03. The average Bonchev–Trinajstić information content (AvgIpc) is 2.39. The van der Waals surface area contributed by atoms with Crippen LogP contribution in [0.25, 0.3) is 0 Å². The van der Waals surface area contributed by atoms with Crippen LogP contribution in [0.2, 0.25) is 0 Å². The normalized spacial score (nSPS) is 12.4. The lowest BCUT2D eigenvalue weighted by atomic mass is 10.2. The first kappa shape index (κ1) is 19.6. The van der Waals surface area contributed by atoms with E-state index in [4.69, 9.17) is 9.84 Å². The van der Waals surface area contributed by atoms with Crippen LogP contribution in [0.4, 0.5) is 14.9 Å². The Hall–Kier alpha value is -1.42. The van der Waals surface area contributed by atoms with E-state index in [1.54, 1.807) is 26.8 Å². The first-order chi connectivity index (χ1) is 10.6. The molecule has 1 rings (SSSR count). The lowest BCUT2D eigenvalue weighted by molar-refractivity contribution is -0.118. The first-order valence-corrected chi connectivity index (χ1v) is 8.06. The van der Waals surface area contributed by atoms with Gasteiger partial charge in [-0.3, -0.25) is 4.79 Å². The molecule has 0 fully saturated rings.